The van der Waals surface area contributed by atoms with E-state index in [0.717, 1.165) is 0 Å². The molecule has 1 rings (SSSR count). The van der Waals surface area contributed by atoms with Crippen molar-refractivity contribution in [1.29, 1.82) is 0 Å². The van der Waals surface area contributed by atoms with Gasteiger partial charge < -0.3 is 0 Å². The molecule has 0 aromatic carbocycles. The van der Waals surface area contributed by atoms with E-state index in [9.17, 15) is 0 Å². The van der Waals surface area contributed by atoms with Gasteiger partial charge in [0.15, 0.2) is 0 Å². The van der Waals surface area contributed by atoms with Crippen LogP contribution >= 0.6 is 33.9 Å². The van der Waals surface area contributed by atoms with E-state index in [1.165, 1.54) is 21.3 Å². The molecule has 1 aromatic heterocycles. The van der Waals surface area contributed by atoms with Crippen LogP contribution in [0.25, 0.3) is 0 Å². The van der Waals surface area contributed by atoms with Crippen LogP contribution in [0.3, 0.4) is 0 Å². The number of hydrogen-bond donors (Lipinski definition) is 0. The molecule has 0 bridgehead atoms. The largest absolute Gasteiger partial charge is 0.137 e. The third kappa shape index (κ3) is 1.93. The summed E-state index contributed by atoms with van der Waals surface area (Å²) in [7, 11) is 0. The highest BCUT2D eigenvalue weighted by atomic mass is 127. The van der Waals surface area contributed by atoms with Crippen LogP contribution < -0.4 is 0 Å². The molecule has 0 N–H and O–H groups in total. The Labute approximate surface area is 73.4 Å². The minimum absolute atomic E-state index is 1.24. The summed E-state index contributed by atoms with van der Waals surface area (Å²) in [5.41, 5.74) is 1.52. The molecule has 50 valence electrons. The molecule has 0 unspecified atom stereocenters. The molecule has 0 aliphatic carbocycles. The van der Waals surface area contributed by atoms with E-state index in [1.807, 2.05) is 11.3 Å². The highest BCUT2D eigenvalue weighted by molar-refractivity contribution is 14.1. The number of rotatable bonds is 2. The Balaban J connectivity index is 2.69. The monoisotopic (exact) mass is 252 g/mol. The first-order chi connectivity index (χ1) is 4.34. The fraction of sp³-hybridized carbons (Fsp3) is 0.429. The highest BCUT2D eigenvalue weighted by Crippen LogP contribution is 2.19. The lowest BCUT2D eigenvalue weighted by atomic mass is 10.2. The zero-order valence-electron chi connectivity index (χ0n) is 5.36. The zero-order valence-corrected chi connectivity index (χ0v) is 8.33. The van der Waals surface area contributed by atoms with E-state index < -0.39 is 0 Å². The third-order valence-corrected chi connectivity index (χ3v) is 3.41. The minimum Gasteiger partial charge on any atom is -0.137 e. The molecule has 2 heteroatoms. The van der Waals surface area contributed by atoms with Crippen molar-refractivity contribution in [1.82, 2.24) is 0 Å². The Hall–Kier alpha value is 0.430. The maximum Gasteiger partial charge on any atom is 0.0685 e. The van der Waals surface area contributed by atoms with Gasteiger partial charge in [-0.15, -0.1) is 11.3 Å². The van der Waals surface area contributed by atoms with Crippen molar-refractivity contribution in [2.45, 2.75) is 19.8 Å². The molecular formula is C7H9IS. The molecule has 0 radical (unpaired) electrons. The second-order valence-corrected chi connectivity index (χ2v) is 4.70. The molecule has 0 fully saturated rings. The third-order valence-electron chi connectivity index (χ3n) is 1.21. The molecule has 0 aliphatic heterocycles. The Morgan fingerprint density at radius 2 is 2.44 bits per heavy atom. The van der Waals surface area contributed by atoms with Crippen molar-refractivity contribution in [2.75, 3.05) is 0 Å². The lowest BCUT2D eigenvalue weighted by Crippen LogP contribution is -1.78. The van der Waals surface area contributed by atoms with Crippen LogP contribution in [0.15, 0.2) is 11.4 Å². The summed E-state index contributed by atoms with van der Waals surface area (Å²) in [6, 6.07) is 2.22. The van der Waals surface area contributed by atoms with Gasteiger partial charge in [0.05, 0.1) is 2.88 Å². The number of hydrogen-bond acceptors (Lipinski definition) is 1. The van der Waals surface area contributed by atoms with E-state index in [-0.39, 0.29) is 0 Å². The smallest absolute Gasteiger partial charge is 0.0685 e. The molecule has 1 aromatic rings. The summed E-state index contributed by atoms with van der Waals surface area (Å²) in [5, 5.41) is 2.16. The Kier molecular flexibility index (Phi) is 2.98. The summed E-state index contributed by atoms with van der Waals surface area (Å²) in [6.45, 7) is 2.22. The van der Waals surface area contributed by atoms with Gasteiger partial charge in [-0.1, -0.05) is 13.3 Å². The average Bonchev–Trinajstić information content (AvgIpc) is 2.18. The Bertz CT molecular complexity index is 181. The molecule has 1 heterocycles. The van der Waals surface area contributed by atoms with Crippen LogP contribution in [0, 0.1) is 2.88 Å². The molecule has 0 saturated carbocycles. The van der Waals surface area contributed by atoms with Gasteiger partial charge in [-0.25, -0.2) is 0 Å². The van der Waals surface area contributed by atoms with Crippen LogP contribution in [-0.2, 0) is 6.42 Å². The number of aryl methyl sites for hydroxylation is 1. The van der Waals surface area contributed by atoms with E-state index in [4.69, 9.17) is 0 Å². The van der Waals surface area contributed by atoms with Crippen molar-refractivity contribution in [3.8, 4) is 0 Å². The van der Waals surface area contributed by atoms with Gasteiger partial charge in [-0.05, 0) is 46.0 Å². The summed E-state index contributed by atoms with van der Waals surface area (Å²) in [5.74, 6) is 0. The molecular weight excluding hydrogens is 243 g/mol. The van der Waals surface area contributed by atoms with Crippen molar-refractivity contribution in [2.24, 2.45) is 0 Å². The SMILES string of the molecule is CCCc1ccsc1I. The maximum atomic E-state index is 2.40. The van der Waals surface area contributed by atoms with Crippen LogP contribution in [0.1, 0.15) is 18.9 Å². The fourth-order valence-electron chi connectivity index (χ4n) is 0.768. The quantitative estimate of drug-likeness (QED) is 0.708. The molecule has 9 heavy (non-hydrogen) atoms. The summed E-state index contributed by atoms with van der Waals surface area (Å²) in [4.78, 5) is 0. The van der Waals surface area contributed by atoms with Gasteiger partial charge in [-0.2, -0.15) is 0 Å². The lowest BCUT2D eigenvalue weighted by Gasteiger charge is -1.91. The van der Waals surface area contributed by atoms with Crippen LogP contribution in [-0.4, -0.2) is 0 Å². The molecule has 0 spiro atoms. The van der Waals surface area contributed by atoms with Crippen molar-refractivity contribution >= 4 is 33.9 Å². The van der Waals surface area contributed by atoms with Gasteiger partial charge in [0.25, 0.3) is 0 Å². The van der Waals surface area contributed by atoms with E-state index in [0.29, 0.717) is 0 Å². The topological polar surface area (TPSA) is 0 Å². The Morgan fingerprint density at radius 3 is 2.89 bits per heavy atom. The zero-order chi connectivity index (χ0) is 6.69. The second-order valence-electron chi connectivity index (χ2n) is 1.97. The van der Waals surface area contributed by atoms with E-state index in [1.54, 1.807) is 0 Å². The van der Waals surface area contributed by atoms with Crippen LogP contribution in [0.4, 0.5) is 0 Å². The minimum atomic E-state index is 1.24. The van der Waals surface area contributed by atoms with Gasteiger partial charge in [0.2, 0.25) is 0 Å². The fourth-order valence-corrected chi connectivity index (χ4v) is 2.33. The predicted molar refractivity (Wildman–Crippen MR) is 51.0 cm³/mol. The molecule has 0 nitrogen and oxygen atoms in total. The first-order valence-electron chi connectivity index (χ1n) is 3.06. The number of halogens is 1. The van der Waals surface area contributed by atoms with Gasteiger partial charge in [0, 0.05) is 0 Å². The first kappa shape index (κ1) is 7.54. The van der Waals surface area contributed by atoms with Crippen molar-refractivity contribution in [3.63, 3.8) is 0 Å². The number of thiophene rings is 1. The highest BCUT2D eigenvalue weighted by Gasteiger charge is 1.96. The lowest BCUT2D eigenvalue weighted by molar-refractivity contribution is 0.923. The molecule has 0 atom stereocenters. The van der Waals surface area contributed by atoms with Gasteiger partial charge >= 0.3 is 0 Å². The van der Waals surface area contributed by atoms with Gasteiger partial charge in [-0.3, -0.25) is 0 Å². The summed E-state index contributed by atoms with van der Waals surface area (Å²) < 4.78 is 1.45. The average molecular weight is 252 g/mol. The molecule has 0 amide bonds. The normalized spacial score (nSPS) is 10.0. The van der Waals surface area contributed by atoms with Crippen LogP contribution in [0.2, 0.25) is 0 Å². The molecule has 0 saturated heterocycles. The van der Waals surface area contributed by atoms with Crippen molar-refractivity contribution in [3.05, 3.63) is 19.9 Å². The summed E-state index contributed by atoms with van der Waals surface area (Å²) >= 11 is 4.23. The first-order valence-corrected chi connectivity index (χ1v) is 5.02. The van der Waals surface area contributed by atoms with E-state index in [2.05, 4.69) is 41.0 Å². The maximum absolute atomic E-state index is 2.40. The standard InChI is InChI=1S/C7H9IS/c1-2-3-6-4-5-9-7(6)8/h4-5H,2-3H2,1H3. The van der Waals surface area contributed by atoms with E-state index >= 15 is 0 Å². The predicted octanol–water partition coefficient (Wildman–Crippen LogP) is 3.31. The van der Waals surface area contributed by atoms with Gasteiger partial charge in [0.1, 0.15) is 0 Å². The second kappa shape index (κ2) is 3.56. The van der Waals surface area contributed by atoms with Crippen molar-refractivity contribution < 1.29 is 0 Å². The van der Waals surface area contributed by atoms with Crippen LogP contribution in [0.5, 0.6) is 0 Å². The Morgan fingerprint density at radius 1 is 1.67 bits per heavy atom. The summed E-state index contributed by atoms with van der Waals surface area (Å²) in [6.07, 6.45) is 2.49. The molecule has 0 aliphatic rings.